The van der Waals surface area contributed by atoms with Gasteiger partial charge in [0.25, 0.3) is 0 Å². The fourth-order valence-corrected chi connectivity index (χ4v) is 4.28. The zero-order valence-electron chi connectivity index (χ0n) is 11.3. The summed E-state index contributed by atoms with van der Waals surface area (Å²) < 4.78 is 23.2. The molecule has 21 heavy (non-hydrogen) atoms. The minimum atomic E-state index is -3.31. The molecule has 116 valence electrons. The highest BCUT2D eigenvalue weighted by molar-refractivity contribution is 7.91. The summed E-state index contributed by atoms with van der Waals surface area (Å²) in [7, 11) is -3.31. The fraction of sp³-hybridized carbons (Fsp3) is 0.545. The van der Waals surface area contributed by atoms with Gasteiger partial charge < -0.3 is 10.0 Å². The van der Waals surface area contributed by atoms with Crippen molar-refractivity contribution in [1.82, 2.24) is 9.88 Å². The van der Waals surface area contributed by atoms with Crippen LogP contribution in [-0.2, 0) is 14.6 Å². The Balaban J connectivity index is 2.11. The van der Waals surface area contributed by atoms with Crippen LogP contribution < -0.4 is 5.32 Å². The van der Waals surface area contributed by atoms with E-state index in [-0.39, 0.29) is 18.1 Å². The number of anilines is 1. The molecule has 0 bridgehead atoms. The Hall–Kier alpha value is -1.68. The van der Waals surface area contributed by atoms with E-state index >= 15 is 0 Å². The molecule has 1 aliphatic heterocycles. The number of carbonyl (C=O) groups is 2. The highest BCUT2D eigenvalue weighted by Crippen LogP contribution is 2.20. The molecule has 1 fully saturated rings. The fourth-order valence-electron chi connectivity index (χ4n) is 2.10. The van der Waals surface area contributed by atoms with Gasteiger partial charge >= 0.3 is 12.0 Å². The lowest BCUT2D eigenvalue weighted by Crippen LogP contribution is -2.53. The quantitative estimate of drug-likeness (QED) is 0.834. The van der Waals surface area contributed by atoms with Crippen molar-refractivity contribution < 1.29 is 23.1 Å². The third-order valence-electron chi connectivity index (χ3n) is 3.04. The molecule has 1 aliphatic rings. The van der Waals surface area contributed by atoms with Gasteiger partial charge in [-0.25, -0.2) is 18.2 Å². The molecule has 2 heterocycles. The second kappa shape index (κ2) is 5.98. The minimum absolute atomic E-state index is 0.0174. The summed E-state index contributed by atoms with van der Waals surface area (Å²) in [5, 5.41) is 11.8. The molecule has 0 aliphatic carbocycles. The molecule has 1 aromatic rings. The first-order chi connectivity index (χ1) is 9.77. The average molecular weight is 333 g/mol. The summed E-state index contributed by atoms with van der Waals surface area (Å²) in [6.45, 7) is 1.82. The Morgan fingerprint density at radius 1 is 1.57 bits per heavy atom. The second-order valence-electron chi connectivity index (χ2n) is 4.77. The number of carboxylic acids is 1. The van der Waals surface area contributed by atoms with E-state index in [0.717, 1.165) is 4.88 Å². The Labute approximate surface area is 125 Å². The monoisotopic (exact) mass is 333 g/mol. The summed E-state index contributed by atoms with van der Waals surface area (Å²) in [6.07, 6.45) is 1.21. The predicted octanol–water partition coefficient (Wildman–Crippen LogP) is 0.557. The van der Waals surface area contributed by atoms with Crippen molar-refractivity contribution in [2.24, 2.45) is 0 Å². The molecule has 10 heteroatoms. The van der Waals surface area contributed by atoms with Gasteiger partial charge in [0, 0.05) is 17.6 Å². The topological polar surface area (TPSA) is 117 Å². The molecule has 1 unspecified atom stereocenters. The van der Waals surface area contributed by atoms with Gasteiger partial charge in [0.1, 0.15) is 0 Å². The van der Waals surface area contributed by atoms with Gasteiger partial charge in [-0.15, -0.1) is 11.3 Å². The maximum atomic E-state index is 12.2. The molecule has 0 saturated carbocycles. The standard InChI is InChI=1S/C11H15N3O5S2/c1-7-5-12-10(20-7)13-11(17)14-2-3-21(18,19)6-8(14)4-9(15)16/h5,8H,2-4,6H2,1H3,(H,15,16)(H,12,13,17). The van der Waals surface area contributed by atoms with Gasteiger partial charge in [0.05, 0.1) is 24.0 Å². The van der Waals surface area contributed by atoms with E-state index in [0.29, 0.717) is 5.13 Å². The molecule has 2 amide bonds. The number of urea groups is 1. The van der Waals surface area contributed by atoms with Crippen molar-refractivity contribution in [2.75, 3.05) is 23.4 Å². The number of nitrogens with one attached hydrogen (secondary N) is 1. The number of hydrogen-bond donors (Lipinski definition) is 2. The summed E-state index contributed by atoms with van der Waals surface area (Å²) in [6, 6.07) is -1.38. The molecule has 2 N–H and O–H groups in total. The summed E-state index contributed by atoms with van der Waals surface area (Å²) >= 11 is 1.29. The zero-order valence-corrected chi connectivity index (χ0v) is 12.9. The molecule has 1 atom stereocenters. The van der Waals surface area contributed by atoms with Crippen LogP contribution >= 0.6 is 11.3 Å². The number of sulfone groups is 1. The average Bonchev–Trinajstić information content (AvgIpc) is 2.72. The van der Waals surface area contributed by atoms with Crippen molar-refractivity contribution in [1.29, 1.82) is 0 Å². The lowest BCUT2D eigenvalue weighted by atomic mass is 10.2. The van der Waals surface area contributed by atoms with Crippen LogP contribution in [0, 0.1) is 6.92 Å². The number of carboxylic acid groups (broad SMARTS) is 1. The molecule has 0 aromatic carbocycles. The number of aliphatic carboxylic acids is 1. The van der Waals surface area contributed by atoms with Gasteiger partial charge in [0.2, 0.25) is 0 Å². The van der Waals surface area contributed by atoms with Crippen molar-refractivity contribution in [3.05, 3.63) is 11.1 Å². The van der Waals surface area contributed by atoms with Crippen LogP contribution in [0.25, 0.3) is 0 Å². The first-order valence-corrected chi connectivity index (χ1v) is 8.83. The summed E-state index contributed by atoms with van der Waals surface area (Å²) in [5.74, 6) is -1.63. The van der Waals surface area contributed by atoms with Gasteiger partial charge in [-0.3, -0.25) is 10.1 Å². The zero-order chi connectivity index (χ0) is 15.6. The smallest absolute Gasteiger partial charge is 0.323 e. The van der Waals surface area contributed by atoms with Crippen LogP contribution in [0.15, 0.2) is 6.20 Å². The Morgan fingerprint density at radius 3 is 2.86 bits per heavy atom. The molecular weight excluding hydrogens is 318 g/mol. The summed E-state index contributed by atoms with van der Waals surface area (Å²) in [4.78, 5) is 29.2. The second-order valence-corrected chi connectivity index (χ2v) is 8.23. The van der Waals surface area contributed by atoms with E-state index in [9.17, 15) is 18.0 Å². The first-order valence-electron chi connectivity index (χ1n) is 6.19. The molecule has 1 aromatic heterocycles. The van der Waals surface area contributed by atoms with Crippen molar-refractivity contribution in [3.8, 4) is 0 Å². The lowest BCUT2D eigenvalue weighted by Gasteiger charge is -2.34. The van der Waals surface area contributed by atoms with E-state index in [2.05, 4.69) is 10.3 Å². The molecule has 8 nitrogen and oxygen atoms in total. The van der Waals surface area contributed by atoms with Crippen molar-refractivity contribution in [3.63, 3.8) is 0 Å². The van der Waals surface area contributed by atoms with Crippen LogP contribution in [0.4, 0.5) is 9.93 Å². The normalized spacial score (nSPS) is 21.0. The number of carbonyl (C=O) groups excluding carboxylic acids is 1. The van der Waals surface area contributed by atoms with Gasteiger partial charge in [0.15, 0.2) is 15.0 Å². The maximum Gasteiger partial charge on any atom is 0.323 e. The molecule has 1 saturated heterocycles. The number of aryl methyl sites for hydroxylation is 1. The number of amides is 2. The van der Waals surface area contributed by atoms with Gasteiger partial charge in [-0.05, 0) is 6.92 Å². The number of thiazole rings is 1. The maximum absolute atomic E-state index is 12.2. The van der Waals surface area contributed by atoms with Gasteiger partial charge in [-0.2, -0.15) is 0 Å². The number of hydrogen-bond acceptors (Lipinski definition) is 6. The lowest BCUT2D eigenvalue weighted by molar-refractivity contribution is -0.137. The summed E-state index contributed by atoms with van der Waals surface area (Å²) in [5.41, 5.74) is 0. The van der Waals surface area contributed by atoms with Crippen LogP contribution in [0.1, 0.15) is 11.3 Å². The highest BCUT2D eigenvalue weighted by Gasteiger charge is 2.35. The molecule has 0 radical (unpaired) electrons. The van der Waals surface area contributed by atoms with Gasteiger partial charge in [-0.1, -0.05) is 0 Å². The molecular formula is C11H15N3O5S2. The third kappa shape index (κ3) is 4.14. The highest BCUT2D eigenvalue weighted by atomic mass is 32.2. The van der Waals surface area contributed by atoms with Crippen LogP contribution in [-0.4, -0.2) is 59.5 Å². The van der Waals surface area contributed by atoms with E-state index < -0.39 is 34.3 Å². The van der Waals surface area contributed by atoms with E-state index in [1.807, 2.05) is 6.92 Å². The number of rotatable bonds is 3. The minimum Gasteiger partial charge on any atom is -0.481 e. The number of aromatic nitrogens is 1. The molecule has 0 spiro atoms. The predicted molar refractivity (Wildman–Crippen MR) is 77.3 cm³/mol. The largest absolute Gasteiger partial charge is 0.481 e. The molecule has 2 rings (SSSR count). The van der Waals surface area contributed by atoms with E-state index in [4.69, 9.17) is 5.11 Å². The van der Waals surface area contributed by atoms with Crippen LogP contribution in [0.3, 0.4) is 0 Å². The first kappa shape index (κ1) is 15.7. The Bertz CT molecular complexity index is 655. The third-order valence-corrected chi connectivity index (χ3v) is 5.56. The van der Waals surface area contributed by atoms with Crippen LogP contribution in [0.2, 0.25) is 0 Å². The Kier molecular flexibility index (Phi) is 4.47. The van der Waals surface area contributed by atoms with Crippen molar-refractivity contribution in [2.45, 2.75) is 19.4 Å². The van der Waals surface area contributed by atoms with E-state index in [1.165, 1.54) is 16.2 Å². The van der Waals surface area contributed by atoms with Crippen LogP contribution in [0.5, 0.6) is 0 Å². The Morgan fingerprint density at radius 2 is 2.29 bits per heavy atom. The SMILES string of the molecule is Cc1cnc(NC(=O)N2CCS(=O)(=O)CC2CC(=O)O)s1. The van der Waals surface area contributed by atoms with E-state index in [1.54, 1.807) is 6.20 Å². The number of nitrogens with zero attached hydrogens (tertiary/aromatic N) is 2. The van der Waals surface area contributed by atoms with Crippen molar-refractivity contribution >= 4 is 38.3 Å².